The number of thiazole rings is 1. The molecule has 0 unspecified atom stereocenters. The molecule has 0 aliphatic heterocycles. The fourth-order valence-electron chi connectivity index (χ4n) is 2.97. The van der Waals surface area contributed by atoms with Crippen molar-refractivity contribution in [2.75, 3.05) is 16.3 Å². The predicted molar refractivity (Wildman–Crippen MR) is 119 cm³/mol. The van der Waals surface area contributed by atoms with Gasteiger partial charge in [0.1, 0.15) is 11.2 Å². The third-order valence-corrected chi connectivity index (χ3v) is 5.65. The number of hydrogen-bond donors (Lipinski definition) is 3. The van der Waals surface area contributed by atoms with E-state index in [0.29, 0.717) is 21.9 Å². The summed E-state index contributed by atoms with van der Waals surface area (Å²) in [6.45, 7) is 0. The molecule has 0 fully saturated rings. The second-order valence-electron chi connectivity index (χ2n) is 6.63. The number of nitro benzene ring substituents is 1. The molecule has 2 aromatic carbocycles. The van der Waals surface area contributed by atoms with Gasteiger partial charge in [-0.3, -0.25) is 24.9 Å². The van der Waals surface area contributed by atoms with E-state index in [1.54, 1.807) is 47.8 Å². The van der Waals surface area contributed by atoms with E-state index in [1.807, 2.05) is 0 Å². The molecule has 0 aliphatic rings. The average molecular weight is 457 g/mol. The molecule has 0 aliphatic carbocycles. The number of carbonyl (C=O) groups excluding carboxylic acids is 1. The van der Waals surface area contributed by atoms with E-state index < -0.39 is 20.9 Å². The highest BCUT2D eigenvalue weighted by Gasteiger charge is 2.18. The van der Waals surface area contributed by atoms with Gasteiger partial charge in [-0.25, -0.2) is 13.4 Å². The van der Waals surface area contributed by atoms with Gasteiger partial charge < -0.3 is 4.98 Å². The van der Waals surface area contributed by atoms with E-state index in [2.05, 4.69) is 20.0 Å². The summed E-state index contributed by atoms with van der Waals surface area (Å²) in [5.41, 5.74) is 2.14. The lowest BCUT2D eigenvalue weighted by molar-refractivity contribution is -0.383. The Morgan fingerprint density at radius 3 is 2.61 bits per heavy atom. The SMILES string of the molecule is CS(=O)(=O)Nc1ccc(-c2csc(NC(=O)c3cc4cccc([N+](=O)[O-])c4[nH]3)n2)cc1. The maximum absolute atomic E-state index is 12.6. The second-order valence-corrected chi connectivity index (χ2v) is 9.23. The summed E-state index contributed by atoms with van der Waals surface area (Å²) in [6, 6.07) is 12.8. The number of nitrogens with one attached hydrogen (secondary N) is 3. The molecule has 0 bridgehead atoms. The monoisotopic (exact) mass is 457 g/mol. The minimum atomic E-state index is -3.36. The molecule has 3 N–H and O–H groups in total. The van der Waals surface area contributed by atoms with Gasteiger partial charge in [-0.1, -0.05) is 24.3 Å². The van der Waals surface area contributed by atoms with Crippen LogP contribution in [0.25, 0.3) is 22.2 Å². The Kier molecular flexibility index (Phi) is 5.17. The van der Waals surface area contributed by atoms with Crippen molar-refractivity contribution in [3.8, 4) is 11.3 Å². The van der Waals surface area contributed by atoms with Crippen LogP contribution in [0.1, 0.15) is 10.5 Å². The van der Waals surface area contributed by atoms with Gasteiger partial charge in [0.25, 0.3) is 11.6 Å². The molecular formula is C19H15N5O5S2. The normalized spacial score (nSPS) is 11.4. The van der Waals surface area contributed by atoms with E-state index >= 15 is 0 Å². The van der Waals surface area contributed by atoms with Gasteiger partial charge in [0, 0.05) is 28.1 Å². The topological polar surface area (TPSA) is 147 Å². The highest BCUT2D eigenvalue weighted by molar-refractivity contribution is 7.92. The number of benzene rings is 2. The molecule has 0 spiro atoms. The fraction of sp³-hybridized carbons (Fsp3) is 0.0526. The Bertz CT molecular complexity index is 1410. The van der Waals surface area contributed by atoms with Gasteiger partial charge >= 0.3 is 0 Å². The first-order valence-electron chi connectivity index (χ1n) is 8.81. The van der Waals surface area contributed by atoms with Crippen LogP contribution in [0.5, 0.6) is 0 Å². The van der Waals surface area contributed by atoms with E-state index in [1.165, 1.54) is 17.4 Å². The first-order chi connectivity index (χ1) is 14.7. The van der Waals surface area contributed by atoms with Crippen LogP contribution in [0.2, 0.25) is 0 Å². The van der Waals surface area contributed by atoms with Gasteiger partial charge in [0.05, 0.1) is 16.9 Å². The van der Waals surface area contributed by atoms with Crippen molar-refractivity contribution in [2.45, 2.75) is 0 Å². The quantitative estimate of drug-likeness (QED) is 0.296. The molecule has 10 nitrogen and oxygen atoms in total. The number of amides is 1. The average Bonchev–Trinajstić information content (AvgIpc) is 3.34. The van der Waals surface area contributed by atoms with Gasteiger partial charge in [-0.05, 0) is 18.2 Å². The summed E-state index contributed by atoms with van der Waals surface area (Å²) in [6.07, 6.45) is 1.07. The number of carbonyl (C=O) groups is 1. The lowest BCUT2D eigenvalue weighted by Gasteiger charge is -2.04. The summed E-state index contributed by atoms with van der Waals surface area (Å²) >= 11 is 1.22. The molecule has 31 heavy (non-hydrogen) atoms. The standard InChI is InChI=1S/C19H15N5O5S2/c1-31(28,29)23-13-7-5-11(6-8-13)15-10-30-19(21-15)22-18(25)14-9-12-3-2-4-16(24(26)27)17(12)20-14/h2-10,20,23H,1H3,(H,21,22,25). The Labute approximate surface area is 180 Å². The number of para-hydroxylation sites is 1. The van der Waals surface area contributed by atoms with Crippen LogP contribution in [0.4, 0.5) is 16.5 Å². The largest absolute Gasteiger partial charge is 0.345 e. The van der Waals surface area contributed by atoms with Crippen LogP contribution in [-0.2, 0) is 10.0 Å². The smallest absolute Gasteiger partial charge is 0.293 e. The first-order valence-corrected chi connectivity index (χ1v) is 11.6. The molecule has 2 heterocycles. The van der Waals surface area contributed by atoms with Crippen LogP contribution in [-0.4, -0.2) is 35.5 Å². The Hall–Kier alpha value is -3.77. The second kappa shape index (κ2) is 7.81. The third-order valence-electron chi connectivity index (χ3n) is 4.28. The number of aromatic nitrogens is 2. The summed E-state index contributed by atoms with van der Waals surface area (Å²) in [7, 11) is -3.36. The number of anilines is 2. The van der Waals surface area contributed by atoms with Crippen molar-refractivity contribution in [3.63, 3.8) is 0 Å². The number of H-pyrrole nitrogens is 1. The van der Waals surface area contributed by atoms with Crippen LogP contribution in [0, 0.1) is 10.1 Å². The number of hydrogen-bond acceptors (Lipinski definition) is 7. The van der Waals surface area contributed by atoms with Crippen LogP contribution < -0.4 is 10.0 Å². The summed E-state index contributed by atoms with van der Waals surface area (Å²) < 4.78 is 25.0. The lowest BCUT2D eigenvalue weighted by Crippen LogP contribution is -2.12. The zero-order valence-corrected chi connectivity index (χ0v) is 17.6. The Morgan fingerprint density at radius 2 is 1.94 bits per heavy atom. The molecule has 4 rings (SSSR count). The number of fused-ring (bicyclic) bond motifs is 1. The van der Waals surface area contributed by atoms with E-state index in [9.17, 15) is 23.3 Å². The molecule has 4 aromatic rings. The number of nitro groups is 1. The Balaban J connectivity index is 1.51. The van der Waals surface area contributed by atoms with Crippen LogP contribution >= 0.6 is 11.3 Å². The third kappa shape index (κ3) is 4.54. The number of non-ortho nitro benzene ring substituents is 1. The zero-order valence-electron chi connectivity index (χ0n) is 15.9. The maximum Gasteiger partial charge on any atom is 0.293 e. The van der Waals surface area contributed by atoms with E-state index in [-0.39, 0.29) is 16.9 Å². The minimum absolute atomic E-state index is 0.109. The van der Waals surface area contributed by atoms with E-state index in [0.717, 1.165) is 11.8 Å². The maximum atomic E-state index is 12.6. The molecule has 0 saturated heterocycles. The summed E-state index contributed by atoms with van der Waals surface area (Å²) in [4.78, 5) is 30.4. The molecule has 1 amide bonds. The van der Waals surface area contributed by atoms with Crippen molar-refractivity contribution >= 4 is 54.7 Å². The van der Waals surface area contributed by atoms with Crippen molar-refractivity contribution in [2.24, 2.45) is 0 Å². The van der Waals surface area contributed by atoms with Gasteiger partial charge in [-0.2, -0.15) is 0 Å². The number of sulfonamides is 1. The molecular weight excluding hydrogens is 442 g/mol. The number of aromatic amines is 1. The van der Waals surface area contributed by atoms with Gasteiger partial charge in [-0.15, -0.1) is 11.3 Å². The highest BCUT2D eigenvalue weighted by atomic mass is 32.2. The molecule has 158 valence electrons. The van der Waals surface area contributed by atoms with Crippen molar-refractivity contribution in [1.29, 1.82) is 0 Å². The minimum Gasteiger partial charge on any atom is -0.345 e. The number of rotatable bonds is 6. The van der Waals surface area contributed by atoms with Crippen LogP contribution in [0.15, 0.2) is 53.9 Å². The molecule has 12 heteroatoms. The van der Waals surface area contributed by atoms with Crippen molar-refractivity contribution in [3.05, 3.63) is 69.7 Å². The molecule has 0 saturated carbocycles. The predicted octanol–water partition coefficient (Wildman–Crippen LogP) is 3.82. The summed E-state index contributed by atoms with van der Waals surface area (Å²) in [5.74, 6) is -0.473. The first kappa shape index (κ1) is 20.5. The molecule has 0 atom stereocenters. The van der Waals surface area contributed by atoms with Crippen molar-refractivity contribution < 1.29 is 18.1 Å². The van der Waals surface area contributed by atoms with Gasteiger partial charge in [0.15, 0.2) is 5.13 Å². The zero-order chi connectivity index (χ0) is 22.2. The highest BCUT2D eigenvalue weighted by Crippen LogP contribution is 2.28. The summed E-state index contributed by atoms with van der Waals surface area (Å²) in [5, 5.41) is 16.5. The Morgan fingerprint density at radius 1 is 1.19 bits per heavy atom. The molecule has 2 aromatic heterocycles. The fourth-order valence-corrected chi connectivity index (χ4v) is 4.24. The van der Waals surface area contributed by atoms with Crippen LogP contribution in [0.3, 0.4) is 0 Å². The van der Waals surface area contributed by atoms with Crippen molar-refractivity contribution in [1.82, 2.24) is 9.97 Å². The van der Waals surface area contributed by atoms with Gasteiger partial charge in [0.2, 0.25) is 10.0 Å². The number of nitrogens with zero attached hydrogens (tertiary/aromatic N) is 2. The molecule has 0 radical (unpaired) electrons. The van der Waals surface area contributed by atoms with E-state index in [4.69, 9.17) is 0 Å². The lowest BCUT2D eigenvalue weighted by atomic mass is 10.1.